The molecule has 4 heteroatoms. The van der Waals surface area contributed by atoms with E-state index < -0.39 is 5.54 Å². The van der Waals surface area contributed by atoms with Gasteiger partial charge in [0.25, 0.3) is 0 Å². The first kappa shape index (κ1) is 15.3. The van der Waals surface area contributed by atoms with Crippen molar-refractivity contribution in [2.75, 3.05) is 0 Å². The molecule has 2 N–H and O–H groups in total. The number of aromatic nitrogens is 2. The Morgan fingerprint density at radius 1 is 1.30 bits per heavy atom. The maximum atomic E-state index is 6.61. The highest BCUT2D eigenvalue weighted by atomic mass is 79.9. The molecule has 0 fully saturated rings. The van der Waals surface area contributed by atoms with Gasteiger partial charge in [0.05, 0.1) is 15.9 Å². The molecular formula is C16H22BrN3. The standard InChI is InChI=1S/C16H22BrN3/c1-5-20-14(15(17)12(3)19-20)10-16(4,18)13-9-7-6-8-11(13)2/h6-9H,5,10,18H2,1-4H3. The molecule has 1 aromatic heterocycles. The summed E-state index contributed by atoms with van der Waals surface area (Å²) in [6.45, 7) is 9.17. The third-order valence-corrected chi connectivity index (χ3v) is 4.78. The SMILES string of the molecule is CCn1nc(C)c(Br)c1CC(C)(N)c1ccccc1C. The lowest BCUT2D eigenvalue weighted by Gasteiger charge is -2.27. The topological polar surface area (TPSA) is 43.8 Å². The molecule has 0 spiro atoms. The van der Waals surface area contributed by atoms with Crippen molar-refractivity contribution in [3.63, 3.8) is 0 Å². The van der Waals surface area contributed by atoms with Crippen molar-refractivity contribution in [3.8, 4) is 0 Å². The highest BCUT2D eigenvalue weighted by molar-refractivity contribution is 9.10. The van der Waals surface area contributed by atoms with E-state index in [0.29, 0.717) is 0 Å². The number of halogens is 1. The summed E-state index contributed by atoms with van der Waals surface area (Å²) in [6, 6.07) is 8.32. The third kappa shape index (κ3) is 2.81. The predicted molar refractivity (Wildman–Crippen MR) is 86.8 cm³/mol. The van der Waals surface area contributed by atoms with Crippen LogP contribution in [0.3, 0.4) is 0 Å². The summed E-state index contributed by atoms with van der Waals surface area (Å²) in [4.78, 5) is 0. The van der Waals surface area contributed by atoms with Gasteiger partial charge in [-0.2, -0.15) is 5.10 Å². The maximum absolute atomic E-state index is 6.61. The van der Waals surface area contributed by atoms with Crippen LogP contribution in [0.2, 0.25) is 0 Å². The van der Waals surface area contributed by atoms with E-state index in [1.54, 1.807) is 0 Å². The van der Waals surface area contributed by atoms with Crippen LogP contribution in [0.5, 0.6) is 0 Å². The van der Waals surface area contributed by atoms with Gasteiger partial charge in [-0.05, 0) is 54.8 Å². The quantitative estimate of drug-likeness (QED) is 0.925. The maximum Gasteiger partial charge on any atom is 0.0738 e. The van der Waals surface area contributed by atoms with E-state index in [9.17, 15) is 0 Å². The van der Waals surface area contributed by atoms with E-state index in [-0.39, 0.29) is 0 Å². The van der Waals surface area contributed by atoms with Gasteiger partial charge in [-0.3, -0.25) is 4.68 Å². The fourth-order valence-corrected chi connectivity index (χ4v) is 3.12. The van der Waals surface area contributed by atoms with Crippen LogP contribution < -0.4 is 5.73 Å². The minimum atomic E-state index is -0.409. The van der Waals surface area contributed by atoms with E-state index in [2.05, 4.69) is 53.9 Å². The zero-order valence-corrected chi connectivity index (χ0v) is 14.2. The summed E-state index contributed by atoms with van der Waals surface area (Å²) < 4.78 is 3.10. The van der Waals surface area contributed by atoms with Crippen LogP contribution in [0.4, 0.5) is 0 Å². The Labute approximate surface area is 129 Å². The van der Waals surface area contributed by atoms with Gasteiger partial charge in [0.1, 0.15) is 0 Å². The molecule has 0 aliphatic heterocycles. The monoisotopic (exact) mass is 335 g/mol. The Morgan fingerprint density at radius 3 is 2.55 bits per heavy atom. The Balaban J connectivity index is 2.41. The first-order valence-corrected chi connectivity index (χ1v) is 7.73. The molecular weight excluding hydrogens is 314 g/mol. The van der Waals surface area contributed by atoms with Gasteiger partial charge in [0.15, 0.2) is 0 Å². The number of benzene rings is 1. The van der Waals surface area contributed by atoms with Gasteiger partial charge >= 0.3 is 0 Å². The molecule has 20 heavy (non-hydrogen) atoms. The summed E-state index contributed by atoms with van der Waals surface area (Å²) >= 11 is 3.65. The predicted octanol–water partition coefficient (Wildman–Crippen LogP) is 3.70. The van der Waals surface area contributed by atoms with Crippen molar-refractivity contribution in [2.24, 2.45) is 5.73 Å². The number of rotatable bonds is 4. The van der Waals surface area contributed by atoms with Crippen molar-refractivity contribution in [1.29, 1.82) is 0 Å². The van der Waals surface area contributed by atoms with Gasteiger partial charge in [-0.1, -0.05) is 24.3 Å². The van der Waals surface area contributed by atoms with Crippen LogP contribution in [0, 0.1) is 13.8 Å². The van der Waals surface area contributed by atoms with Crippen LogP contribution >= 0.6 is 15.9 Å². The zero-order chi connectivity index (χ0) is 14.9. The number of nitrogens with two attached hydrogens (primary N) is 1. The van der Waals surface area contributed by atoms with Crippen LogP contribution in [0.1, 0.15) is 36.4 Å². The van der Waals surface area contributed by atoms with Crippen molar-refractivity contribution < 1.29 is 0 Å². The summed E-state index contributed by atoms with van der Waals surface area (Å²) in [5.41, 5.74) is 10.8. The molecule has 0 saturated carbocycles. The van der Waals surface area contributed by atoms with Gasteiger partial charge in [-0.15, -0.1) is 0 Å². The number of aryl methyl sites for hydroxylation is 3. The number of nitrogens with zero attached hydrogens (tertiary/aromatic N) is 2. The molecule has 108 valence electrons. The Kier molecular flexibility index (Phi) is 4.35. The summed E-state index contributed by atoms with van der Waals surface area (Å²) in [6.07, 6.45) is 0.757. The first-order valence-electron chi connectivity index (χ1n) is 6.93. The van der Waals surface area contributed by atoms with Gasteiger partial charge < -0.3 is 5.73 Å². The molecule has 2 rings (SSSR count). The molecule has 1 unspecified atom stereocenters. The second-order valence-corrected chi connectivity index (χ2v) is 6.36. The van der Waals surface area contributed by atoms with Crippen molar-refractivity contribution >= 4 is 15.9 Å². The van der Waals surface area contributed by atoms with Crippen LogP contribution in [0.25, 0.3) is 0 Å². The molecule has 0 radical (unpaired) electrons. The summed E-state index contributed by atoms with van der Waals surface area (Å²) in [7, 11) is 0. The molecule has 3 nitrogen and oxygen atoms in total. The van der Waals surface area contributed by atoms with E-state index in [0.717, 1.165) is 23.1 Å². The molecule has 0 aliphatic carbocycles. The Bertz CT molecular complexity index is 614. The van der Waals surface area contributed by atoms with E-state index in [1.807, 2.05) is 23.7 Å². The summed E-state index contributed by atoms with van der Waals surface area (Å²) in [5, 5.41) is 4.54. The molecule has 1 aromatic carbocycles. The average molecular weight is 336 g/mol. The molecule has 0 amide bonds. The van der Waals surface area contributed by atoms with Gasteiger partial charge in [0, 0.05) is 18.5 Å². The number of hydrogen-bond donors (Lipinski definition) is 1. The van der Waals surface area contributed by atoms with Gasteiger partial charge in [-0.25, -0.2) is 0 Å². The molecule has 0 saturated heterocycles. The first-order chi connectivity index (χ1) is 9.36. The highest BCUT2D eigenvalue weighted by Crippen LogP contribution is 2.30. The van der Waals surface area contributed by atoms with E-state index in [1.165, 1.54) is 16.8 Å². The van der Waals surface area contributed by atoms with E-state index in [4.69, 9.17) is 5.73 Å². The Morgan fingerprint density at radius 2 is 1.95 bits per heavy atom. The lowest BCUT2D eigenvalue weighted by molar-refractivity contribution is 0.460. The summed E-state index contributed by atoms with van der Waals surface area (Å²) in [5.74, 6) is 0. The highest BCUT2D eigenvalue weighted by Gasteiger charge is 2.27. The molecule has 0 bridgehead atoms. The normalized spacial score (nSPS) is 14.3. The minimum absolute atomic E-state index is 0.409. The Hall–Kier alpha value is -1.13. The van der Waals surface area contributed by atoms with Crippen molar-refractivity contribution in [3.05, 3.63) is 51.3 Å². The lowest BCUT2D eigenvalue weighted by Crippen LogP contribution is -2.37. The average Bonchev–Trinajstić information content (AvgIpc) is 2.66. The van der Waals surface area contributed by atoms with Crippen LogP contribution in [0.15, 0.2) is 28.7 Å². The smallest absolute Gasteiger partial charge is 0.0738 e. The molecule has 1 atom stereocenters. The van der Waals surface area contributed by atoms with E-state index >= 15 is 0 Å². The molecule has 2 aromatic rings. The third-order valence-electron chi connectivity index (χ3n) is 3.75. The largest absolute Gasteiger partial charge is 0.321 e. The lowest BCUT2D eigenvalue weighted by atomic mass is 9.85. The minimum Gasteiger partial charge on any atom is -0.321 e. The molecule has 0 aliphatic rings. The second-order valence-electron chi connectivity index (χ2n) is 5.57. The number of hydrogen-bond acceptors (Lipinski definition) is 2. The fraction of sp³-hybridized carbons (Fsp3) is 0.438. The molecule has 1 heterocycles. The van der Waals surface area contributed by atoms with Gasteiger partial charge in [0.2, 0.25) is 0 Å². The van der Waals surface area contributed by atoms with Crippen molar-refractivity contribution in [2.45, 2.75) is 46.2 Å². The zero-order valence-electron chi connectivity index (χ0n) is 12.6. The second kappa shape index (κ2) is 5.70. The van der Waals surface area contributed by atoms with Crippen LogP contribution in [-0.4, -0.2) is 9.78 Å². The van der Waals surface area contributed by atoms with Crippen molar-refractivity contribution in [1.82, 2.24) is 9.78 Å². The van der Waals surface area contributed by atoms with Crippen LogP contribution in [-0.2, 0) is 18.5 Å². The fourth-order valence-electron chi connectivity index (χ4n) is 2.69.